The summed E-state index contributed by atoms with van der Waals surface area (Å²) in [4.78, 5) is 26.9. The number of rotatable bonds is 3. The quantitative estimate of drug-likeness (QED) is 0.654. The van der Waals surface area contributed by atoms with Gasteiger partial charge in [0.15, 0.2) is 11.5 Å². The molecule has 1 fully saturated rings. The Balaban J connectivity index is 1.64. The van der Waals surface area contributed by atoms with Crippen molar-refractivity contribution >= 4 is 43.8 Å². The molecule has 0 bridgehead atoms. The van der Waals surface area contributed by atoms with Gasteiger partial charge in [-0.15, -0.1) is 0 Å². The van der Waals surface area contributed by atoms with Crippen molar-refractivity contribution < 1.29 is 19.1 Å². The zero-order chi connectivity index (χ0) is 19.2. The lowest BCUT2D eigenvalue weighted by Gasteiger charge is -2.23. The molecule has 1 saturated heterocycles. The highest BCUT2D eigenvalue weighted by Gasteiger charge is 2.49. The predicted octanol–water partition coefficient (Wildman–Crippen LogP) is 3.95. The van der Waals surface area contributed by atoms with E-state index in [1.807, 2.05) is 24.3 Å². The van der Waals surface area contributed by atoms with Gasteiger partial charge in [0.25, 0.3) is 5.91 Å². The molecule has 140 valence electrons. The first-order chi connectivity index (χ1) is 12.9. The van der Waals surface area contributed by atoms with Gasteiger partial charge in [-0.3, -0.25) is 9.69 Å². The maximum Gasteiger partial charge on any atom is 0.325 e. The van der Waals surface area contributed by atoms with Gasteiger partial charge in [-0.1, -0.05) is 44.0 Å². The summed E-state index contributed by atoms with van der Waals surface area (Å²) in [7, 11) is 0. The standard InChI is InChI=1S/C19H16Br2N2O4/c1-19(12-3-2-4-13(20)8-12)17(24)23(18(25)22-19)10-11-7-15-16(9-14(11)21)27-6-5-26-15/h2-4,7-9H,5-6,10H2,1H3,(H,22,25). The fourth-order valence-electron chi connectivity index (χ4n) is 3.23. The summed E-state index contributed by atoms with van der Waals surface area (Å²) in [5.41, 5.74) is 0.376. The van der Waals surface area contributed by atoms with E-state index in [9.17, 15) is 9.59 Å². The maximum atomic E-state index is 13.1. The van der Waals surface area contributed by atoms with Gasteiger partial charge in [0, 0.05) is 8.95 Å². The third-order valence-corrected chi connectivity index (χ3v) is 5.95. The second-order valence-corrected chi connectivity index (χ2v) is 8.31. The van der Waals surface area contributed by atoms with Crippen LogP contribution in [0.4, 0.5) is 4.79 Å². The van der Waals surface area contributed by atoms with Crippen LogP contribution in [-0.2, 0) is 16.9 Å². The number of nitrogens with zero attached hydrogens (tertiary/aromatic N) is 1. The van der Waals surface area contributed by atoms with Crippen LogP contribution in [0.15, 0.2) is 45.3 Å². The van der Waals surface area contributed by atoms with Crippen molar-refractivity contribution in [2.45, 2.75) is 19.0 Å². The number of ether oxygens (including phenoxy) is 2. The number of hydrogen-bond donors (Lipinski definition) is 1. The summed E-state index contributed by atoms with van der Waals surface area (Å²) in [6.07, 6.45) is 0. The van der Waals surface area contributed by atoms with Crippen LogP contribution in [0.25, 0.3) is 0 Å². The fraction of sp³-hybridized carbons (Fsp3) is 0.263. The van der Waals surface area contributed by atoms with E-state index in [1.54, 1.807) is 19.1 Å². The Morgan fingerprint density at radius 2 is 1.81 bits per heavy atom. The molecule has 2 heterocycles. The van der Waals surface area contributed by atoms with Crippen LogP contribution in [0, 0.1) is 0 Å². The van der Waals surface area contributed by atoms with Crippen molar-refractivity contribution in [2.24, 2.45) is 0 Å². The summed E-state index contributed by atoms with van der Waals surface area (Å²) >= 11 is 6.91. The summed E-state index contributed by atoms with van der Waals surface area (Å²) in [6, 6.07) is 10.5. The highest BCUT2D eigenvalue weighted by atomic mass is 79.9. The van der Waals surface area contributed by atoms with Crippen molar-refractivity contribution in [3.8, 4) is 11.5 Å². The van der Waals surface area contributed by atoms with Crippen LogP contribution < -0.4 is 14.8 Å². The SMILES string of the molecule is CC1(c2cccc(Br)c2)NC(=O)N(Cc2cc3c(cc2Br)OCCO3)C1=O. The smallest absolute Gasteiger partial charge is 0.325 e. The zero-order valence-electron chi connectivity index (χ0n) is 14.4. The monoisotopic (exact) mass is 494 g/mol. The van der Waals surface area contributed by atoms with Gasteiger partial charge in [0.05, 0.1) is 6.54 Å². The number of nitrogens with one attached hydrogen (secondary N) is 1. The minimum absolute atomic E-state index is 0.130. The van der Waals surface area contributed by atoms with E-state index in [1.165, 1.54) is 4.90 Å². The molecule has 1 N–H and O–H groups in total. The van der Waals surface area contributed by atoms with Gasteiger partial charge >= 0.3 is 6.03 Å². The van der Waals surface area contributed by atoms with Gasteiger partial charge in [0.1, 0.15) is 18.8 Å². The van der Waals surface area contributed by atoms with Crippen molar-refractivity contribution in [3.63, 3.8) is 0 Å². The molecule has 27 heavy (non-hydrogen) atoms. The van der Waals surface area contributed by atoms with E-state index in [0.717, 1.165) is 20.1 Å². The molecule has 0 spiro atoms. The first-order valence-electron chi connectivity index (χ1n) is 8.36. The van der Waals surface area contributed by atoms with E-state index in [2.05, 4.69) is 37.2 Å². The average Bonchev–Trinajstić information content (AvgIpc) is 2.86. The number of amides is 3. The summed E-state index contributed by atoms with van der Waals surface area (Å²) < 4.78 is 12.8. The molecule has 0 aliphatic carbocycles. The minimum Gasteiger partial charge on any atom is -0.486 e. The van der Waals surface area contributed by atoms with E-state index in [-0.39, 0.29) is 12.5 Å². The number of urea groups is 1. The fourth-order valence-corrected chi connectivity index (χ4v) is 4.08. The Bertz CT molecular complexity index is 949. The lowest BCUT2D eigenvalue weighted by atomic mass is 9.92. The lowest BCUT2D eigenvalue weighted by Crippen LogP contribution is -2.40. The van der Waals surface area contributed by atoms with Gasteiger partial charge in [-0.2, -0.15) is 0 Å². The topological polar surface area (TPSA) is 67.9 Å². The number of carbonyl (C=O) groups excluding carboxylic acids is 2. The first kappa shape index (κ1) is 18.3. The Kier molecular flexibility index (Phi) is 4.63. The minimum atomic E-state index is -1.11. The number of fused-ring (bicyclic) bond motifs is 1. The molecule has 0 radical (unpaired) electrons. The van der Waals surface area contributed by atoms with Crippen LogP contribution in [0.2, 0.25) is 0 Å². The zero-order valence-corrected chi connectivity index (χ0v) is 17.6. The highest BCUT2D eigenvalue weighted by molar-refractivity contribution is 9.10. The Labute approximate surface area is 173 Å². The highest BCUT2D eigenvalue weighted by Crippen LogP contribution is 2.37. The van der Waals surface area contributed by atoms with Gasteiger partial charge in [-0.25, -0.2) is 4.79 Å². The van der Waals surface area contributed by atoms with E-state index in [0.29, 0.717) is 24.7 Å². The van der Waals surface area contributed by atoms with E-state index in [4.69, 9.17) is 9.47 Å². The van der Waals surface area contributed by atoms with Crippen molar-refractivity contribution in [1.82, 2.24) is 10.2 Å². The van der Waals surface area contributed by atoms with Gasteiger partial charge < -0.3 is 14.8 Å². The van der Waals surface area contributed by atoms with Crippen LogP contribution in [0.1, 0.15) is 18.1 Å². The lowest BCUT2D eigenvalue weighted by molar-refractivity contribution is -0.131. The second-order valence-electron chi connectivity index (χ2n) is 6.54. The molecule has 2 aromatic rings. The largest absolute Gasteiger partial charge is 0.486 e. The first-order valence-corrected chi connectivity index (χ1v) is 9.95. The number of benzene rings is 2. The molecule has 1 unspecified atom stereocenters. The predicted molar refractivity (Wildman–Crippen MR) is 106 cm³/mol. The number of carbonyl (C=O) groups is 2. The number of halogens is 2. The third-order valence-electron chi connectivity index (χ3n) is 4.72. The molecule has 8 heteroatoms. The van der Waals surface area contributed by atoms with Crippen LogP contribution in [0.3, 0.4) is 0 Å². The Morgan fingerprint density at radius 1 is 1.11 bits per heavy atom. The van der Waals surface area contributed by atoms with Crippen LogP contribution >= 0.6 is 31.9 Å². The molecule has 1 atom stereocenters. The summed E-state index contributed by atoms with van der Waals surface area (Å²) in [5.74, 6) is 0.960. The average molecular weight is 496 g/mol. The molecule has 4 rings (SSSR count). The molecule has 2 aliphatic rings. The Hall–Kier alpha value is -2.06. The Morgan fingerprint density at radius 3 is 2.52 bits per heavy atom. The molecule has 0 saturated carbocycles. The third kappa shape index (κ3) is 3.21. The maximum absolute atomic E-state index is 13.1. The summed E-state index contributed by atoms with van der Waals surface area (Å²) in [5, 5.41) is 2.82. The molecule has 0 aromatic heterocycles. The number of imide groups is 1. The normalized spacial score (nSPS) is 21.4. The number of hydrogen-bond acceptors (Lipinski definition) is 4. The van der Waals surface area contributed by atoms with Crippen molar-refractivity contribution in [1.29, 1.82) is 0 Å². The van der Waals surface area contributed by atoms with Crippen molar-refractivity contribution in [3.05, 3.63) is 56.5 Å². The molecule has 2 aliphatic heterocycles. The van der Waals surface area contributed by atoms with Gasteiger partial charge in [0.2, 0.25) is 0 Å². The molecular weight excluding hydrogens is 480 g/mol. The van der Waals surface area contributed by atoms with Crippen LogP contribution in [-0.4, -0.2) is 30.1 Å². The van der Waals surface area contributed by atoms with Crippen molar-refractivity contribution in [2.75, 3.05) is 13.2 Å². The van der Waals surface area contributed by atoms with E-state index < -0.39 is 11.6 Å². The van der Waals surface area contributed by atoms with Gasteiger partial charge in [-0.05, 0) is 42.3 Å². The molecule has 2 aromatic carbocycles. The molecular formula is C19H16Br2N2O4. The van der Waals surface area contributed by atoms with E-state index >= 15 is 0 Å². The molecule has 3 amide bonds. The van der Waals surface area contributed by atoms with Crippen LogP contribution in [0.5, 0.6) is 11.5 Å². The summed E-state index contributed by atoms with van der Waals surface area (Å²) in [6.45, 7) is 2.81. The second kappa shape index (κ2) is 6.83. The molecule has 6 nitrogen and oxygen atoms in total.